The van der Waals surface area contributed by atoms with Crippen LogP contribution >= 0.6 is 0 Å². The van der Waals surface area contributed by atoms with E-state index in [0.29, 0.717) is 6.42 Å². The van der Waals surface area contributed by atoms with Crippen LogP contribution in [0.1, 0.15) is 5.56 Å². The molecule has 0 amide bonds. The monoisotopic (exact) mass is 204 g/mol. The summed E-state index contributed by atoms with van der Waals surface area (Å²) in [5.74, 6) is 0. The zero-order chi connectivity index (χ0) is 10.7. The fourth-order valence-corrected chi connectivity index (χ4v) is 1.48. The van der Waals surface area contributed by atoms with Gasteiger partial charge in [0.05, 0.1) is 6.20 Å². The largest absolute Gasteiger partial charge is 0.396 e. The second-order valence-corrected chi connectivity index (χ2v) is 3.24. The van der Waals surface area contributed by atoms with Gasteiger partial charge in [0.1, 0.15) is 11.4 Å². The Balaban J connectivity index is 2.43. The summed E-state index contributed by atoms with van der Waals surface area (Å²) in [4.78, 5) is 8.18. The molecule has 0 aliphatic carbocycles. The van der Waals surface area contributed by atoms with Crippen molar-refractivity contribution in [3.8, 4) is 11.4 Å². The van der Waals surface area contributed by atoms with E-state index in [1.807, 2.05) is 13.2 Å². The molecule has 0 spiro atoms. The van der Waals surface area contributed by atoms with Gasteiger partial charge < -0.3 is 5.11 Å². The molecule has 15 heavy (non-hydrogen) atoms. The Kier molecular flexibility index (Phi) is 2.73. The number of nitrogens with zero attached hydrogens (tertiary/aromatic N) is 4. The Morgan fingerprint density at radius 3 is 2.93 bits per heavy atom. The van der Waals surface area contributed by atoms with Gasteiger partial charge in [-0.15, -0.1) is 0 Å². The normalized spacial score (nSPS) is 10.5. The van der Waals surface area contributed by atoms with Gasteiger partial charge in [-0.3, -0.25) is 14.6 Å². The van der Waals surface area contributed by atoms with Crippen molar-refractivity contribution in [2.45, 2.75) is 6.42 Å². The van der Waals surface area contributed by atoms with E-state index in [1.54, 1.807) is 23.3 Å². The quantitative estimate of drug-likeness (QED) is 0.786. The minimum Gasteiger partial charge on any atom is -0.396 e. The number of aryl methyl sites for hydroxylation is 1. The lowest BCUT2D eigenvalue weighted by Crippen LogP contribution is -1.93. The lowest BCUT2D eigenvalue weighted by Gasteiger charge is -1.98. The summed E-state index contributed by atoms with van der Waals surface area (Å²) in [5.41, 5.74) is 2.52. The third kappa shape index (κ3) is 2.02. The highest BCUT2D eigenvalue weighted by Crippen LogP contribution is 2.18. The fraction of sp³-hybridized carbons (Fsp3) is 0.300. The van der Waals surface area contributed by atoms with Crippen LogP contribution in [0.15, 0.2) is 24.8 Å². The highest BCUT2D eigenvalue weighted by molar-refractivity contribution is 5.57. The Bertz CT molecular complexity index is 438. The van der Waals surface area contributed by atoms with Crippen LogP contribution < -0.4 is 0 Å². The molecule has 0 saturated carbocycles. The number of aromatic nitrogens is 4. The summed E-state index contributed by atoms with van der Waals surface area (Å²) < 4.78 is 1.72. The zero-order valence-corrected chi connectivity index (χ0v) is 8.46. The second-order valence-electron chi connectivity index (χ2n) is 3.24. The SMILES string of the molecule is Cn1cc(CCO)c(-c2cnccn2)n1. The topological polar surface area (TPSA) is 63.8 Å². The molecule has 0 saturated heterocycles. The van der Waals surface area contributed by atoms with Crippen LogP contribution in [-0.4, -0.2) is 31.5 Å². The second kappa shape index (κ2) is 4.18. The molecule has 2 rings (SSSR count). The van der Waals surface area contributed by atoms with Crippen LogP contribution in [0, 0.1) is 0 Å². The maximum atomic E-state index is 8.93. The highest BCUT2D eigenvalue weighted by Gasteiger charge is 2.10. The molecule has 2 aromatic heterocycles. The third-order valence-corrected chi connectivity index (χ3v) is 2.09. The summed E-state index contributed by atoms with van der Waals surface area (Å²) >= 11 is 0. The van der Waals surface area contributed by atoms with Crippen LogP contribution in [0.2, 0.25) is 0 Å². The maximum absolute atomic E-state index is 8.93. The van der Waals surface area contributed by atoms with E-state index in [0.717, 1.165) is 17.0 Å². The molecule has 5 nitrogen and oxygen atoms in total. The Morgan fingerprint density at radius 2 is 2.27 bits per heavy atom. The first-order chi connectivity index (χ1) is 7.31. The third-order valence-electron chi connectivity index (χ3n) is 2.09. The van der Waals surface area contributed by atoms with Crippen LogP contribution in [-0.2, 0) is 13.5 Å². The number of aliphatic hydroxyl groups excluding tert-OH is 1. The lowest BCUT2D eigenvalue weighted by atomic mass is 10.1. The molecule has 0 radical (unpaired) electrons. The van der Waals surface area contributed by atoms with Crippen molar-refractivity contribution in [3.05, 3.63) is 30.4 Å². The van der Waals surface area contributed by atoms with E-state index >= 15 is 0 Å². The van der Waals surface area contributed by atoms with Crippen molar-refractivity contribution in [2.75, 3.05) is 6.61 Å². The predicted octanol–water partition coefficient (Wildman–Crippen LogP) is 0.412. The minimum atomic E-state index is 0.110. The predicted molar refractivity (Wildman–Crippen MR) is 55.0 cm³/mol. The van der Waals surface area contributed by atoms with Gasteiger partial charge in [-0.2, -0.15) is 5.10 Å². The number of hydrogen-bond donors (Lipinski definition) is 1. The Hall–Kier alpha value is -1.75. The molecule has 0 aliphatic heterocycles. The summed E-state index contributed by atoms with van der Waals surface area (Å²) in [6.07, 6.45) is 7.40. The summed E-state index contributed by atoms with van der Waals surface area (Å²) in [7, 11) is 1.85. The van der Waals surface area contributed by atoms with Gasteiger partial charge in [-0.25, -0.2) is 0 Å². The van der Waals surface area contributed by atoms with Gasteiger partial charge in [0.15, 0.2) is 0 Å². The number of aliphatic hydroxyl groups is 1. The van der Waals surface area contributed by atoms with E-state index in [2.05, 4.69) is 15.1 Å². The van der Waals surface area contributed by atoms with Crippen molar-refractivity contribution < 1.29 is 5.11 Å². The molecule has 2 aromatic rings. The van der Waals surface area contributed by atoms with Crippen molar-refractivity contribution in [1.29, 1.82) is 0 Å². The van der Waals surface area contributed by atoms with Gasteiger partial charge in [0.25, 0.3) is 0 Å². The first-order valence-corrected chi connectivity index (χ1v) is 4.71. The molecule has 0 bridgehead atoms. The van der Waals surface area contributed by atoms with Gasteiger partial charge in [-0.05, 0) is 6.42 Å². The molecule has 0 unspecified atom stereocenters. The van der Waals surface area contributed by atoms with Crippen LogP contribution in [0.25, 0.3) is 11.4 Å². The molecule has 2 heterocycles. The highest BCUT2D eigenvalue weighted by atomic mass is 16.2. The molecule has 5 heteroatoms. The van der Waals surface area contributed by atoms with Crippen molar-refractivity contribution in [1.82, 2.24) is 19.7 Å². The fourth-order valence-electron chi connectivity index (χ4n) is 1.48. The lowest BCUT2D eigenvalue weighted by molar-refractivity contribution is 0.299. The van der Waals surface area contributed by atoms with E-state index in [9.17, 15) is 0 Å². The van der Waals surface area contributed by atoms with Gasteiger partial charge >= 0.3 is 0 Å². The van der Waals surface area contributed by atoms with Crippen molar-refractivity contribution in [2.24, 2.45) is 7.05 Å². The summed E-state index contributed by atoms with van der Waals surface area (Å²) in [6.45, 7) is 0.110. The molecule has 0 fully saturated rings. The molecular formula is C10H12N4O. The maximum Gasteiger partial charge on any atom is 0.116 e. The molecule has 0 aliphatic rings. The molecule has 0 atom stereocenters. The van der Waals surface area contributed by atoms with E-state index < -0.39 is 0 Å². The number of hydrogen-bond acceptors (Lipinski definition) is 4. The number of rotatable bonds is 3. The van der Waals surface area contributed by atoms with Crippen LogP contribution in [0.5, 0.6) is 0 Å². The van der Waals surface area contributed by atoms with E-state index in [1.165, 1.54) is 0 Å². The first kappa shape index (κ1) is 9.79. The standard InChI is InChI=1S/C10H12N4O/c1-14-7-8(2-5-15)10(13-14)9-6-11-3-4-12-9/h3-4,6-7,15H,2,5H2,1H3. The zero-order valence-electron chi connectivity index (χ0n) is 8.46. The first-order valence-electron chi connectivity index (χ1n) is 4.71. The van der Waals surface area contributed by atoms with Gasteiger partial charge in [0, 0.05) is 37.8 Å². The van der Waals surface area contributed by atoms with Crippen LogP contribution in [0.4, 0.5) is 0 Å². The van der Waals surface area contributed by atoms with E-state index in [4.69, 9.17) is 5.11 Å². The average molecular weight is 204 g/mol. The smallest absolute Gasteiger partial charge is 0.116 e. The molecular weight excluding hydrogens is 192 g/mol. The summed E-state index contributed by atoms with van der Waals surface area (Å²) in [6, 6.07) is 0. The minimum absolute atomic E-state index is 0.110. The van der Waals surface area contributed by atoms with Gasteiger partial charge in [-0.1, -0.05) is 0 Å². The Labute approximate surface area is 87.4 Å². The van der Waals surface area contributed by atoms with Crippen molar-refractivity contribution >= 4 is 0 Å². The summed E-state index contributed by atoms with van der Waals surface area (Å²) in [5, 5.41) is 13.2. The van der Waals surface area contributed by atoms with Crippen LogP contribution in [0.3, 0.4) is 0 Å². The van der Waals surface area contributed by atoms with Crippen molar-refractivity contribution in [3.63, 3.8) is 0 Å². The van der Waals surface area contributed by atoms with Gasteiger partial charge in [0.2, 0.25) is 0 Å². The Morgan fingerprint density at radius 1 is 1.40 bits per heavy atom. The molecule has 78 valence electrons. The molecule has 0 aromatic carbocycles. The average Bonchev–Trinajstić information content (AvgIpc) is 2.62. The molecule has 1 N–H and O–H groups in total. The van der Waals surface area contributed by atoms with E-state index in [-0.39, 0.29) is 6.61 Å².